The van der Waals surface area contributed by atoms with E-state index in [2.05, 4.69) is 10.1 Å². The zero-order valence-corrected chi connectivity index (χ0v) is 9.00. The average molecular weight is 250 g/mol. The van der Waals surface area contributed by atoms with Crippen LogP contribution in [-0.4, -0.2) is 19.7 Å². The van der Waals surface area contributed by atoms with Gasteiger partial charge in [-0.05, 0) is 6.07 Å². The molecular weight excluding hydrogens is 246 g/mol. The molecule has 1 aromatic carbocycles. The maximum absolute atomic E-state index is 10.5. The van der Waals surface area contributed by atoms with Gasteiger partial charge >= 0.3 is 0 Å². The first kappa shape index (κ1) is 11.0. The first-order valence-electron chi connectivity index (χ1n) is 4.38. The van der Waals surface area contributed by atoms with Gasteiger partial charge in [-0.2, -0.15) is 5.26 Å². The monoisotopic (exact) mass is 249 g/mol. The fourth-order valence-electron chi connectivity index (χ4n) is 1.23. The Morgan fingerprint density at radius 3 is 2.82 bits per heavy atom. The highest BCUT2D eigenvalue weighted by Crippen LogP contribution is 2.24. The van der Waals surface area contributed by atoms with E-state index in [1.165, 1.54) is 29.2 Å². The van der Waals surface area contributed by atoms with Gasteiger partial charge in [-0.3, -0.25) is 10.1 Å². The molecule has 0 bridgehead atoms. The molecule has 2 rings (SSSR count). The normalized spacial score (nSPS) is 9.88. The fraction of sp³-hybridized carbons (Fsp3) is 0. The lowest BCUT2D eigenvalue weighted by Gasteiger charge is -2.02. The number of aromatic nitrogens is 3. The van der Waals surface area contributed by atoms with Crippen LogP contribution in [0, 0.1) is 21.4 Å². The smallest absolute Gasteiger partial charge is 0.258 e. The number of nitro benzene ring substituents is 1. The van der Waals surface area contributed by atoms with Crippen molar-refractivity contribution in [1.29, 1.82) is 5.26 Å². The van der Waals surface area contributed by atoms with Crippen molar-refractivity contribution in [2.45, 2.75) is 0 Å². The predicted octanol–water partition coefficient (Wildman–Crippen LogP) is 1.70. The maximum atomic E-state index is 10.5. The summed E-state index contributed by atoms with van der Waals surface area (Å²) in [5.74, 6) is -0.000538. The molecule has 1 aromatic heterocycles. The number of hydrogen-bond donors (Lipinski definition) is 0. The summed E-state index contributed by atoms with van der Waals surface area (Å²) in [6.45, 7) is 0. The van der Waals surface area contributed by atoms with Crippen LogP contribution in [0.2, 0.25) is 5.02 Å². The number of nitro groups is 1. The molecule has 0 unspecified atom stereocenters. The molecule has 0 aliphatic carbocycles. The lowest BCUT2D eigenvalue weighted by molar-refractivity contribution is -0.384. The SMILES string of the molecule is N#Cc1ncn(-c2ccc([N+](=O)[O-])cc2Cl)n1. The fourth-order valence-corrected chi connectivity index (χ4v) is 1.49. The van der Waals surface area contributed by atoms with Crippen LogP contribution in [0.4, 0.5) is 5.69 Å². The van der Waals surface area contributed by atoms with Gasteiger partial charge in [0.25, 0.3) is 11.5 Å². The lowest BCUT2D eigenvalue weighted by atomic mass is 10.3. The van der Waals surface area contributed by atoms with E-state index in [9.17, 15) is 10.1 Å². The summed E-state index contributed by atoms with van der Waals surface area (Å²) < 4.78 is 1.28. The molecule has 84 valence electrons. The summed E-state index contributed by atoms with van der Waals surface area (Å²) in [5.41, 5.74) is 0.311. The van der Waals surface area contributed by atoms with Gasteiger partial charge in [-0.1, -0.05) is 11.6 Å². The molecular formula is C9H4ClN5O2. The van der Waals surface area contributed by atoms with Crippen LogP contribution in [0.3, 0.4) is 0 Å². The minimum absolute atomic E-state index is 0.000538. The van der Waals surface area contributed by atoms with E-state index in [1.54, 1.807) is 6.07 Å². The van der Waals surface area contributed by atoms with Crippen molar-refractivity contribution in [2.24, 2.45) is 0 Å². The molecule has 2 aromatic rings. The van der Waals surface area contributed by atoms with Gasteiger partial charge in [-0.25, -0.2) is 9.67 Å². The Kier molecular flexibility index (Phi) is 2.72. The quantitative estimate of drug-likeness (QED) is 0.596. The Morgan fingerprint density at radius 2 is 2.29 bits per heavy atom. The Bertz CT molecular complexity index is 631. The average Bonchev–Trinajstić information content (AvgIpc) is 2.77. The number of nitrogens with zero attached hydrogens (tertiary/aromatic N) is 5. The zero-order valence-electron chi connectivity index (χ0n) is 8.24. The van der Waals surface area contributed by atoms with Crippen LogP contribution in [0.25, 0.3) is 5.69 Å². The van der Waals surface area contributed by atoms with E-state index < -0.39 is 4.92 Å². The number of benzene rings is 1. The zero-order chi connectivity index (χ0) is 12.4. The highest BCUT2D eigenvalue weighted by atomic mass is 35.5. The topological polar surface area (TPSA) is 97.6 Å². The van der Waals surface area contributed by atoms with Crippen LogP contribution in [0.1, 0.15) is 5.82 Å². The molecule has 0 radical (unpaired) electrons. The molecule has 0 saturated heterocycles. The van der Waals surface area contributed by atoms with E-state index in [0.717, 1.165) is 0 Å². The van der Waals surface area contributed by atoms with E-state index in [0.29, 0.717) is 5.69 Å². The first-order valence-corrected chi connectivity index (χ1v) is 4.75. The molecule has 0 spiro atoms. The van der Waals surface area contributed by atoms with Crippen molar-refractivity contribution < 1.29 is 4.92 Å². The van der Waals surface area contributed by atoms with E-state index in [1.807, 2.05) is 0 Å². The highest BCUT2D eigenvalue weighted by molar-refractivity contribution is 6.32. The highest BCUT2D eigenvalue weighted by Gasteiger charge is 2.11. The molecule has 0 atom stereocenters. The van der Waals surface area contributed by atoms with Crippen molar-refractivity contribution in [2.75, 3.05) is 0 Å². The largest absolute Gasteiger partial charge is 0.271 e. The Hall–Kier alpha value is -2.46. The molecule has 1 heterocycles. The summed E-state index contributed by atoms with van der Waals surface area (Å²) in [6, 6.07) is 5.73. The maximum Gasteiger partial charge on any atom is 0.271 e. The molecule has 17 heavy (non-hydrogen) atoms. The van der Waals surface area contributed by atoms with Gasteiger partial charge in [0.05, 0.1) is 15.6 Å². The summed E-state index contributed by atoms with van der Waals surface area (Å²) in [6.07, 6.45) is 1.31. The standard InChI is InChI=1S/C9H4ClN5O2/c10-7-3-6(15(16)17)1-2-8(7)14-5-12-9(4-11)13-14/h1-3,5H. The Morgan fingerprint density at radius 1 is 1.53 bits per heavy atom. The molecule has 0 aliphatic rings. The second-order valence-electron chi connectivity index (χ2n) is 3.02. The van der Waals surface area contributed by atoms with Crippen LogP contribution >= 0.6 is 11.6 Å². The van der Waals surface area contributed by atoms with Gasteiger partial charge in [0.2, 0.25) is 0 Å². The molecule has 8 heteroatoms. The number of halogens is 1. The third-order valence-electron chi connectivity index (χ3n) is 1.98. The first-order chi connectivity index (χ1) is 8.11. The van der Waals surface area contributed by atoms with Crippen molar-refractivity contribution in [3.63, 3.8) is 0 Å². The van der Waals surface area contributed by atoms with Crippen LogP contribution in [0.15, 0.2) is 24.5 Å². The molecule has 0 aliphatic heterocycles. The van der Waals surface area contributed by atoms with Crippen LogP contribution in [0.5, 0.6) is 0 Å². The van der Waals surface area contributed by atoms with Gasteiger partial charge in [0, 0.05) is 12.1 Å². The van der Waals surface area contributed by atoms with Crippen LogP contribution in [-0.2, 0) is 0 Å². The molecule has 0 amide bonds. The number of non-ortho nitro benzene ring substituents is 1. The molecule has 0 fully saturated rings. The van der Waals surface area contributed by atoms with Gasteiger partial charge in [-0.15, -0.1) is 5.10 Å². The van der Waals surface area contributed by atoms with Crippen molar-refractivity contribution in [3.05, 3.63) is 45.5 Å². The van der Waals surface area contributed by atoms with Gasteiger partial charge in [0.15, 0.2) is 0 Å². The van der Waals surface area contributed by atoms with E-state index >= 15 is 0 Å². The summed E-state index contributed by atoms with van der Waals surface area (Å²) in [4.78, 5) is 13.7. The number of rotatable bonds is 2. The van der Waals surface area contributed by atoms with E-state index in [4.69, 9.17) is 16.9 Å². The van der Waals surface area contributed by atoms with Crippen molar-refractivity contribution in [1.82, 2.24) is 14.8 Å². The number of hydrogen-bond acceptors (Lipinski definition) is 5. The number of nitriles is 1. The summed E-state index contributed by atoms with van der Waals surface area (Å²) >= 11 is 5.88. The summed E-state index contributed by atoms with van der Waals surface area (Å²) in [5, 5.41) is 23.1. The van der Waals surface area contributed by atoms with Crippen LogP contribution < -0.4 is 0 Å². The predicted molar refractivity (Wildman–Crippen MR) is 57.7 cm³/mol. The molecule has 0 saturated carbocycles. The van der Waals surface area contributed by atoms with Crippen molar-refractivity contribution >= 4 is 17.3 Å². The molecule has 0 N–H and O–H groups in total. The second-order valence-corrected chi connectivity index (χ2v) is 3.42. The second kappa shape index (κ2) is 4.19. The van der Waals surface area contributed by atoms with Crippen molar-refractivity contribution in [3.8, 4) is 11.8 Å². The molecule has 7 nitrogen and oxygen atoms in total. The minimum Gasteiger partial charge on any atom is -0.258 e. The third kappa shape index (κ3) is 2.07. The Balaban J connectivity index is 2.47. The lowest BCUT2D eigenvalue weighted by Crippen LogP contribution is -1.97. The minimum atomic E-state index is -0.544. The van der Waals surface area contributed by atoms with E-state index in [-0.39, 0.29) is 16.5 Å². The third-order valence-corrected chi connectivity index (χ3v) is 2.28. The van der Waals surface area contributed by atoms with Gasteiger partial charge < -0.3 is 0 Å². The summed E-state index contributed by atoms with van der Waals surface area (Å²) in [7, 11) is 0. The Labute approximate surface area is 100 Å². The van der Waals surface area contributed by atoms with Gasteiger partial charge in [0.1, 0.15) is 12.4 Å².